The van der Waals surface area contributed by atoms with Gasteiger partial charge in [0, 0.05) is 11.9 Å². The zero-order valence-electron chi connectivity index (χ0n) is 8.73. The van der Waals surface area contributed by atoms with Crippen LogP contribution in [0.5, 0.6) is 0 Å². The van der Waals surface area contributed by atoms with Gasteiger partial charge in [-0.2, -0.15) is 0 Å². The maximum absolute atomic E-state index is 4.15. The van der Waals surface area contributed by atoms with Crippen LogP contribution in [0.25, 0.3) is 0 Å². The molecule has 0 bridgehead atoms. The van der Waals surface area contributed by atoms with Gasteiger partial charge in [0.25, 0.3) is 0 Å². The summed E-state index contributed by atoms with van der Waals surface area (Å²) >= 11 is 0. The van der Waals surface area contributed by atoms with Crippen molar-refractivity contribution in [3.63, 3.8) is 0 Å². The molecule has 0 saturated carbocycles. The van der Waals surface area contributed by atoms with Gasteiger partial charge in [0.2, 0.25) is 0 Å². The van der Waals surface area contributed by atoms with E-state index in [4.69, 9.17) is 0 Å². The molecule has 0 saturated heterocycles. The lowest BCUT2D eigenvalue weighted by Gasteiger charge is -1.89. The van der Waals surface area contributed by atoms with Crippen molar-refractivity contribution >= 4 is 5.71 Å². The normalized spacial score (nSPS) is 9.82. The lowest BCUT2D eigenvalue weighted by atomic mass is 10.3. The van der Waals surface area contributed by atoms with Crippen LogP contribution in [0.2, 0.25) is 0 Å². The predicted molar refractivity (Wildman–Crippen MR) is 54.2 cm³/mol. The second-order valence-corrected chi connectivity index (χ2v) is 2.41. The van der Waals surface area contributed by atoms with Gasteiger partial charge in [0.05, 0.1) is 0 Å². The van der Waals surface area contributed by atoms with E-state index in [2.05, 4.69) is 18.8 Å². The molecule has 1 heteroatoms. The predicted octanol–water partition coefficient (Wildman–Crippen LogP) is 3.81. The first-order valence-corrected chi connectivity index (χ1v) is 4.33. The van der Waals surface area contributed by atoms with Crippen molar-refractivity contribution in [1.29, 1.82) is 0 Å². The molecule has 0 fully saturated rings. The van der Waals surface area contributed by atoms with Gasteiger partial charge in [-0.15, -0.1) is 0 Å². The van der Waals surface area contributed by atoms with Crippen LogP contribution < -0.4 is 0 Å². The van der Waals surface area contributed by atoms with Gasteiger partial charge in [-0.25, -0.2) is 0 Å². The molecule has 11 heavy (non-hydrogen) atoms. The van der Waals surface area contributed by atoms with Crippen molar-refractivity contribution in [3.05, 3.63) is 11.8 Å². The molecule has 0 heterocycles. The first-order valence-electron chi connectivity index (χ1n) is 4.33. The van der Waals surface area contributed by atoms with Crippen LogP contribution in [0.15, 0.2) is 16.8 Å². The molecule has 0 amide bonds. The minimum Gasteiger partial charge on any atom is -0.266 e. The first-order chi connectivity index (χ1) is 5.16. The molecular weight excluding hydrogens is 134 g/mol. The molecule has 0 rings (SSSR count). The number of allylic oxidation sites excluding steroid dienone is 1. The Morgan fingerprint density at radius 1 is 1.18 bits per heavy atom. The second kappa shape index (κ2) is 9.41. The highest BCUT2D eigenvalue weighted by Crippen LogP contribution is 1.97. The molecule has 66 valence electrons. The van der Waals surface area contributed by atoms with E-state index >= 15 is 0 Å². The third-order valence-corrected chi connectivity index (χ3v) is 1.10. The molecule has 0 atom stereocenters. The number of nitrogens with zero attached hydrogens (tertiary/aromatic N) is 1. The molecule has 0 N–H and O–H groups in total. The highest BCUT2D eigenvalue weighted by molar-refractivity contribution is 5.79. The van der Waals surface area contributed by atoms with Crippen LogP contribution >= 0.6 is 0 Å². The zero-order chi connectivity index (χ0) is 9.28. The summed E-state index contributed by atoms with van der Waals surface area (Å²) in [6, 6.07) is 0. The fourth-order valence-corrected chi connectivity index (χ4v) is 0.331. The fraction of sp³-hybridized carbons (Fsp3) is 0.700. The van der Waals surface area contributed by atoms with Gasteiger partial charge in [0.1, 0.15) is 0 Å². The van der Waals surface area contributed by atoms with Crippen molar-refractivity contribution in [2.45, 2.75) is 48.0 Å². The van der Waals surface area contributed by atoms with Crippen LogP contribution in [0.1, 0.15) is 48.0 Å². The summed E-state index contributed by atoms with van der Waals surface area (Å²) in [4.78, 5) is 4.15. The average molecular weight is 155 g/mol. The molecule has 1 nitrogen and oxygen atoms in total. The van der Waals surface area contributed by atoms with Crippen molar-refractivity contribution in [2.24, 2.45) is 4.99 Å². The Morgan fingerprint density at radius 2 is 1.64 bits per heavy atom. The third kappa shape index (κ3) is 12.6. The lowest BCUT2D eigenvalue weighted by Crippen LogP contribution is -1.77. The van der Waals surface area contributed by atoms with Crippen LogP contribution in [0, 0.1) is 0 Å². The van der Waals surface area contributed by atoms with E-state index < -0.39 is 0 Å². The molecule has 0 spiro atoms. The SMILES string of the molecule is CC.CC/C(C)=C\N=C(C)C. The Morgan fingerprint density at radius 3 is 1.91 bits per heavy atom. The van der Waals surface area contributed by atoms with E-state index in [0.29, 0.717) is 0 Å². The van der Waals surface area contributed by atoms with Gasteiger partial charge in [-0.05, 0) is 27.2 Å². The highest BCUT2D eigenvalue weighted by Gasteiger charge is 1.79. The van der Waals surface area contributed by atoms with Gasteiger partial charge in [-0.3, -0.25) is 4.99 Å². The molecule has 0 unspecified atom stereocenters. The topological polar surface area (TPSA) is 12.4 Å². The quantitative estimate of drug-likeness (QED) is 0.538. The Kier molecular flexibility index (Phi) is 11.1. The maximum atomic E-state index is 4.15. The van der Waals surface area contributed by atoms with Crippen LogP contribution in [0.3, 0.4) is 0 Å². The summed E-state index contributed by atoms with van der Waals surface area (Å²) in [5, 5.41) is 0. The van der Waals surface area contributed by atoms with E-state index in [1.54, 1.807) is 0 Å². The summed E-state index contributed by atoms with van der Waals surface area (Å²) < 4.78 is 0. The smallest absolute Gasteiger partial charge is 0.0256 e. The Bertz CT molecular complexity index is 128. The number of hydrogen-bond donors (Lipinski definition) is 0. The first kappa shape index (κ1) is 13.0. The Labute approximate surface area is 71.2 Å². The Balaban J connectivity index is 0. The maximum Gasteiger partial charge on any atom is 0.0256 e. The second-order valence-electron chi connectivity index (χ2n) is 2.41. The van der Waals surface area contributed by atoms with Crippen LogP contribution in [-0.4, -0.2) is 5.71 Å². The van der Waals surface area contributed by atoms with Crippen LogP contribution in [0.4, 0.5) is 0 Å². The monoisotopic (exact) mass is 155 g/mol. The van der Waals surface area contributed by atoms with Crippen molar-refractivity contribution in [1.82, 2.24) is 0 Å². The van der Waals surface area contributed by atoms with Gasteiger partial charge >= 0.3 is 0 Å². The van der Waals surface area contributed by atoms with Crippen molar-refractivity contribution < 1.29 is 0 Å². The molecule has 0 aromatic rings. The molecule has 0 aliphatic heterocycles. The van der Waals surface area contributed by atoms with E-state index in [-0.39, 0.29) is 0 Å². The molecule has 0 radical (unpaired) electrons. The number of aliphatic imine (C=N–C) groups is 1. The Hall–Kier alpha value is -0.590. The summed E-state index contributed by atoms with van der Waals surface area (Å²) in [5.41, 5.74) is 2.44. The fourth-order valence-electron chi connectivity index (χ4n) is 0.331. The average Bonchev–Trinajstić information content (AvgIpc) is 2.04. The van der Waals surface area contributed by atoms with Crippen LogP contribution in [-0.2, 0) is 0 Å². The largest absolute Gasteiger partial charge is 0.266 e. The highest BCUT2D eigenvalue weighted by atomic mass is 14.7. The summed E-state index contributed by atoms with van der Waals surface area (Å²) in [6.07, 6.45) is 3.02. The van der Waals surface area contributed by atoms with Gasteiger partial charge < -0.3 is 0 Å². The molecule has 0 aliphatic rings. The summed E-state index contributed by atoms with van der Waals surface area (Å²) in [5.74, 6) is 0. The minimum atomic E-state index is 1.09. The molecular formula is C10H21N. The third-order valence-electron chi connectivity index (χ3n) is 1.10. The standard InChI is InChI=1S/C8H15N.C2H6/c1-5-8(4)6-9-7(2)3;1-2/h6H,5H2,1-4H3;1-2H3/b8-6-;. The summed E-state index contributed by atoms with van der Waals surface area (Å²) in [6.45, 7) is 12.2. The molecule has 0 aliphatic carbocycles. The van der Waals surface area contributed by atoms with Crippen molar-refractivity contribution in [2.75, 3.05) is 0 Å². The number of hydrogen-bond acceptors (Lipinski definition) is 1. The van der Waals surface area contributed by atoms with E-state index in [9.17, 15) is 0 Å². The van der Waals surface area contributed by atoms with E-state index in [1.165, 1.54) is 5.57 Å². The van der Waals surface area contributed by atoms with Gasteiger partial charge in [0.15, 0.2) is 0 Å². The minimum absolute atomic E-state index is 1.09. The molecule has 0 aromatic carbocycles. The van der Waals surface area contributed by atoms with E-state index in [0.717, 1.165) is 12.1 Å². The molecule has 0 aromatic heterocycles. The summed E-state index contributed by atoms with van der Waals surface area (Å²) in [7, 11) is 0. The number of rotatable bonds is 2. The van der Waals surface area contributed by atoms with Gasteiger partial charge in [-0.1, -0.05) is 26.3 Å². The zero-order valence-corrected chi connectivity index (χ0v) is 8.73. The van der Waals surface area contributed by atoms with E-state index in [1.807, 2.05) is 33.9 Å². The van der Waals surface area contributed by atoms with Crippen molar-refractivity contribution in [3.8, 4) is 0 Å². The lowest BCUT2D eigenvalue weighted by molar-refractivity contribution is 1.09.